The van der Waals surface area contributed by atoms with E-state index in [0.717, 1.165) is 5.39 Å². The number of para-hydroxylation sites is 1. The van der Waals surface area contributed by atoms with E-state index in [1.165, 1.54) is 14.0 Å². The SMILES string of the molecule is COc1ccc(NC(C)=O)cc1C(=O)Nc1cccc2cccnc12. The molecule has 0 saturated carbocycles. The van der Waals surface area contributed by atoms with Crippen LogP contribution in [0.2, 0.25) is 0 Å². The van der Waals surface area contributed by atoms with Crippen LogP contribution < -0.4 is 15.4 Å². The average Bonchev–Trinajstić information content (AvgIpc) is 2.61. The maximum atomic E-state index is 12.7. The first-order valence-corrected chi connectivity index (χ1v) is 7.69. The van der Waals surface area contributed by atoms with Gasteiger partial charge in [0.15, 0.2) is 0 Å². The molecule has 1 aromatic heterocycles. The van der Waals surface area contributed by atoms with Crippen LogP contribution in [0.15, 0.2) is 54.7 Å². The van der Waals surface area contributed by atoms with Crippen LogP contribution in [0, 0.1) is 0 Å². The second kappa shape index (κ2) is 7.00. The minimum absolute atomic E-state index is 0.213. The van der Waals surface area contributed by atoms with Crippen molar-refractivity contribution in [3.05, 3.63) is 60.3 Å². The Bertz CT molecular complexity index is 948. The van der Waals surface area contributed by atoms with E-state index in [1.54, 1.807) is 30.5 Å². The van der Waals surface area contributed by atoms with Gasteiger partial charge in [-0.2, -0.15) is 0 Å². The quantitative estimate of drug-likeness (QED) is 0.765. The fraction of sp³-hybridized carbons (Fsp3) is 0.105. The number of hydrogen-bond acceptors (Lipinski definition) is 4. The van der Waals surface area contributed by atoms with E-state index in [2.05, 4.69) is 15.6 Å². The summed E-state index contributed by atoms with van der Waals surface area (Å²) < 4.78 is 5.26. The molecule has 0 atom stereocenters. The zero-order valence-corrected chi connectivity index (χ0v) is 13.9. The van der Waals surface area contributed by atoms with E-state index in [4.69, 9.17) is 4.74 Å². The second-order valence-corrected chi connectivity index (χ2v) is 5.43. The zero-order valence-electron chi connectivity index (χ0n) is 13.9. The van der Waals surface area contributed by atoms with Crippen molar-refractivity contribution in [1.82, 2.24) is 4.98 Å². The van der Waals surface area contributed by atoms with Crippen LogP contribution in [0.4, 0.5) is 11.4 Å². The molecule has 3 rings (SSSR count). The van der Waals surface area contributed by atoms with Gasteiger partial charge in [0.25, 0.3) is 5.91 Å². The molecule has 1 heterocycles. The number of amides is 2. The van der Waals surface area contributed by atoms with Crippen molar-refractivity contribution >= 4 is 34.1 Å². The molecule has 0 bridgehead atoms. The summed E-state index contributed by atoms with van der Waals surface area (Å²) >= 11 is 0. The van der Waals surface area contributed by atoms with E-state index in [1.807, 2.05) is 24.3 Å². The molecule has 2 aromatic carbocycles. The highest BCUT2D eigenvalue weighted by atomic mass is 16.5. The van der Waals surface area contributed by atoms with Gasteiger partial charge in [-0.25, -0.2) is 0 Å². The monoisotopic (exact) mass is 335 g/mol. The topological polar surface area (TPSA) is 80.3 Å². The van der Waals surface area contributed by atoms with Crippen molar-refractivity contribution in [3.8, 4) is 5.75 Å². The lowest BCUT2D eigenvalue weighted by molar-refractivity contribution is -0.114. The van der Waals surface area contributed by atoms with Crippen LogP contribution in [-0.4, -0.2) is 23.9 Å². The number of ether oxygens (including phenoxy) is 1. The normalized spacial score (nSPS) is 10.3. The number of benzene rings is 2. The molecule has 25 heavy (non-hydrogen) atoms. The number of carbonyl (C=O) groups is 2. The number of fused-ring (bicyclic) bond motifs is 1. The van der Waals surface area contributed by atoms with E-state index >= 15 is 0 Å². The van der Waals surface area contributed by atoms with Gasteiger partial charge in [-0.05, 0) is 30.3 Å². The summed E-state index contributed by atoms with van der Waals surface area (Å²) in [6.45, 7) is 1.41. The zero-order chi connectivity index (χ0) is 17.8. The molecule has 3 aromatic rings. The lowest BCUT2D eigenvalue weighted by Gasteiger charge is -2.12. The summed E-state index contributed by atoms with van der Waals surface area (Å²) in [4.78, 5) is 28.3. The Hall–Kier alpha value is -3.41. The van der Waals surface area contributed by atoms with Crippen molar-refractivity contribution < 1.29 is 14.3 Å². The third-order valence-electron chi connectivity index (χ3n) is 3.65. The molecule has 6 nitrogen and oxygen atoms in total. The van der Waals surface area contributed by atoms with Gasteiger partial charge in [0.2, 0.25) is 5.91 Å². The highest BCUT2D eigenvalue weighted by Gasteiger charge is 2.15. The standard InChI is InChI=1S/C19H17N3O3/c1-12(23)21-14-8-9-17(25-2)15(11-14)19(24)22-16-7-3-5-13-6-4-10-20-18(13)16/h3-11H,1-2H3,(H,21,23)(H,22,24). The van der Waals surface area contributed by atoms with Crippen molar-refractivity contribution in [3.63, 3.8) is 0 Å². The number of carbonyl (C=O) groups excluding carboxylic acids is 2. The Morgan fingerprint density at radius 3 is 2.60 bits per heavy atom. The number of hydrogen-bond donors (Lipinski definition) is 2. The van der Waals surface area contributed by atoms with Crippen molar-refractivity contribution in [2.24, 2.45) is 0 Å². The Labute approximate surface area is 144 Å². The Balaban J connectivity index is 1.95. The van der Waals surface area contributed by atoms with E-state index in [0.29, 0.717) is 28.2 Å². The number of pyridine rings is 1. The molecule has 6 heteroatoms. The first-order chi connectivity index (χ1) is 12.1. The van der Waals surface area contributed by atoms with Crippen LogP contribution in [0.25, 0.3) is 10.9 Å². The number of anilines is 2. The van der Waals surface area contributed by atoms with Gasteiger partial charge in [-0.15, -0.1) is 0 Å². The first-order valence-electron chi connectivity index (χ1n) is 7.69. The fourth-order valence-electron chi connectivity index (χ4n) is 2.56. The fourth-order valence-corrected chi connectivity index (χ4v) is 2.56. The molecule has 126 valence electrons. The largest absolute Gasteiger partial charge is 0.496 e. The van der Waals surface area contributed by atoms with Gasteiger partial charge in [0, 0.05) is 24.2 Å². The third kappa shape index (κ3) is 3.58. The summed E-state index contributed by atoms with van der Waals surface area (Å²) in [7, 11) is 1.49. The van der Waals surface area contributed by atoms with Crippen LogP contribution in [0.1, 0.15) is 17.3 Å². The molecule has 2 amide bonds. The lowest BCUT2D eigenvalue weighted by Crippen LogP contribution is -2.15. The molecule has 0 saturated heterocycles. The highest BCUT2D eigenvalue weighted by molar-refractivity contribution is 6.10. The molecular formula is C19H17N3O3. The number of rotatable bonds is 4. The summed E-state index contributed by atoms with van der Waals surface area (Å²) in [6.07, 6.45) is 1.68. The molecule has 0 aliphatic carbocycles. The van der Waals surface area contributed by atoms with Gasteiger partial charge in [-0.3, -0.25) is 14.6 Å². The van der Waals surface area contributed by atoms with Crippen LogP contribution in [-0.2, 0) is 4.79 Å². The van der Waals surface area contributed by atoms with Crippen LogP contribution in [0.3, 0.4) is 0 Å². The number of nitrogens with one attached hydrogen (secondary N) is 2. The lowest BCUT2D eigenvalue weighted by atomic mass is 10.1. The minimum atomic E-state index is -0.345. The number of aromatic nitrogens is 1. The van der Waals surface area contributed by atoms with Crippen LogP contribution >= 0.6 is 0 Å². The highest BCUT2D eigenvalue weighted by Crippen LogP contribution is 2.26. The van der Waals surface area contributed by atoms with Crippen molar-refractivity contribution in [1.29, 1.82) is 0 Å². The number of methoxy groups -OCH3 is 1. The van der Waals surface area contributed by atoms with Crippen molar-refractivity contribution in [2.75, 3.05) is 17.7 Å². The molecule has 0 spiro atoms. The Morgan fingerprint density at radius 1 is 1.04 bits per heavy atom. The van der Waals surface area contributed by atoms with Crippen LogP contribution in [0.5, 0.6) is 5.75 Å². The van der Waals surface area contributed by atoms with Gasteiger partial charge in [0.05, 0.1) is 23.9 Å². The maximum Gasteiger partial charge on any atom is 0.259 e. The Morgan fingerprint density at radius 2 is 1.84 bits per heavy atom. The molecule has 0 aliphatic heterocycles. The Kier molecular flexibility index (Phi) is 4.61. The smallest absolute Gasteiger partial charge is 0.259 e. The van der Waals surface area contributed by atoms with Crippen molar-refractivity contribution in [2.45, 2.75) is 6.92 Å². The predicted octanol–water partition coefficient (Wildman–Crippen LogP) is 3.45. The molecule has 0 radical (unpaired) electrons. The molecule has 0 unspecified atom stereocenters. The molecule has 0 aliphatic rings. The van der Waals surface area contributed by atoms with E-state index in [-0.39, 0.29) is 11.8 Å². The van der Waals surface area contributed by atoms with Gasteiger partial charge in [0.1, 0.15) is 5.75 Å². The average molecular weight is 335 g/mol. The second-order valence-electron chi connectivity index (χ2n) is 5.43. The minimum Gasteiger partial charge on any atom is -0.496 e. The molecule has 0 fully saturated rings. The predicted molar refractivity (Wildman–Crippen MR) is 97.0 cm³/mol. The summed E-state index contributed by atoms with van der Waals surface area (Å²) in [5.74, 6) is -0.142. The third-order valence-corrected chi connectivity index (χ3v) is 3.65. The van der Waals surface area contributed by atoms with E-state index in [9.17, 15) is 9.59 Å². The maximum absolute atomic E-state index is 12.7. The first kappa shape index (κ1) is 16.4. The molecule has 2 N–H and O–H groups in total. The van der Waals surface area contributed by atoms with Gasteiger partial charge in [-0.1, -0.05) is 18.2 Å². The van der Waals surface area contributed by atoms with Gasteiger partial charge >= 0.3 is 0 Å². The number of nitrogens with zero attached hydrogens (tertiary/aromatic N) is 1. The van der Waals surface area contributed by atoms with Gasteiger partial charge < -0.3 is 15.4 Å². The molecular weight excluding hydrogens is 318 g/mol. The summed E-state index contributed by atoms with van der Waals surface area (Å²) in [6, 6.07) is 14.2. The summed E-state index contributed by atoms with van der Waals surface area (Å²) in [5.41, 5.74) is 2.15. The van der Waals surface area contributed by atoms with E-state index < -0.39 is 0 Å². The summed E-state index contributed by atoms with van der Waals surface area (Å²) in [5, 5.41) is 6.45.